The van der Waals surface area contributed by atoms with Crippen molar-refractivity contribution in [3.63, 3.8) is 0 Å². The van der Waals surface area contributed by atoms with Crippen molar-refractivity contribution in [2.45, 2.75) is 71.5 Å². The third-order valence-corrected chi connectivity index (χ3v) is 5.93. The van der Waals surface area contributed by atoms with Gasteiger partial charge in [-0.25, -0.2) is 4.39 Å². The normalized spacial score (nSPS) is 14.9. The van der Waals surface area contributed by atoms with Gasteiger partial charge in [0.2, 0.25) is 0 Å². The predicted molar refractivity (Wildman–Crippen MR) is 114 cm³/mol. The molecule has 2 aromatic carbocycles. The van der Waals surface area contributed by atoms with E-state index in [4.69, 9.17) is 0 Å². The molecule has 2 nitrogen and oxygen atoms in total. The average Bonchev–Trinajstić information content (AvgIpc) is 2.68. The average molecular weight is 381 g/mol. The maximum Gasteiger partial charge on any atom is 0.128 e. The smallest absolute Gasteiger partial charge is 0.128 e. The lowest BCUT2D eigenvalue weighted by Crippen LogP contribution is -2.40. The molecule has 28 heavy (non-hydrogen) atoms. The van der Waals surface area contributed by atoms with Crippen molar-refractivity contribution in [3.05, 3.63) is 71.5 Å². The van der Waals surface area contributed by atoms with E-state index in [0.717, 1.165) is 13.0 Å². The fourth-order valence-corrected chi connectivity index (χ4v) is 4.05. The van der Waals surface area contributed by atoms with Crippen molar-refractivity contribution < 1.29 is 4.39 Å². The molecule has 0 aliphatic carbocycles. The van der Waals surface area contributed by atoms with Gasteiger partial charge in [-0.1, -0.05) is 62.4 Å². The number of rotatable bonds is 9. The summed E-state index contributed by atoms with van der Waals surface area (Å²) in [6.45, 7) is 11.5. The first-order valence-corrected chi connectivity index (χ1v) is 10.3. The van der Waals surface area contributed by atoms with Crippen LogP contribution in [0.5, 0.6) is 0 Å². The molecule has 2 rings (SSSR count). The summed E-state index contributed by atoms with van der Waals surface area (Å²) in [5.41, 5.74) is 1.00. The molecule has 0 aromatic heterocycles. The van der Waals surface area contributed by atoms with E-state index in [1.54, 1.807) is 12.1 Å². The second-order valence-electron chi connectivity index (χ2n) is 8.36. The van der Waals surface area contributed by atoms with E-state index in [2.05, 4.69) is 56.0 Å². The summed E-state index contributed by atoms with van der Waals surface area (Å²) < 4.78 is 14.6. The Kier molecular flexibility index (Phi) is 7.78. The lowest BCUT2D eigenvalue weighted by Gasteiger charge is -2.37. The van der Waals surface area contributed by atoms with Crippen LogP contribution in [0, 0.1) is 23.1 Å². The minimum atomic E-state index is -0.811. The Morgan fingerprint density at radius 2 is 1.57 bits per heavy atom. The summed E-state index contributed by atoms with van der Waals surface area (Å²) in [7, 11) is 0. The highest BCUT2D eigenvalue weighted by Crippen LogP contribution is 2.38. The molecule has 0 aliphatic heterocycles. The van der Waals surface area contributed by atoms with Gasteiger partial charge in [0, 0.05) is 24.2 Å². The first kappa shape index (κ1) is 22.1. The second-order valence-corrected chi connectivity index (χ2v) is 8.36. The molecule has 2 aromatic rings. The maximum absolute atomic E-state index is 14.6. The van der Waals surface area contributed by atoms with Crippen LogP contribution in [-0.4, -0.2) is 17.0 Å². The van der Waals surface area contributed by atoms with E-state index in [0.29, 0.717) is 24.1 Å². The maximum atomic E-state index is 14.6. The molecule has 0 N–H and O–H groups in total. The van der Waals surface area contributed by atoms with Gasteiger partial charge < -0.3 is 0 Å². The minimum Gasteiger partial charge on any atom is -0.294 e. The summed E-state index contributed by atoms with van der Waals surface area (Å²) in [5.74, 6) is -0.251. The van der Waals surface area contributed by atoms with Gasteiger partial charge in [0.15, 0.2) is 0 Å². The molecule has 0 radical (unpaired) electrons. The fourth-order valence-electron chi connectivity index (χ4n) is 4.05. The molecule has 2 atom stereocenters. The Hall–Kier alpha value is -2.18. The summed E-state index contributed by atoms with van der Waals surface area (Å²) in [6.07, 6.45) is 1.48. The summed E-state index contributed by atoms with van der Waals surface area (Å²) >= 11 is 0. The molecular formula is C25H33FN2. The van der Waals surface area contributed by atoms with Crippen LogP contribution in [0.2, 0.25) is 0 Å². The van der Waals surface area contributed by atoms with Crippen molar-refractivity contribution >= 4 is 0 Å². The highest BCUT2D eigenvalue weighted by atomic mass is 19.1. The van der Waals surface area contributed by atoms with Gasteiger partial charge >= 0.3 is 0 Å². The van der Waals surface area contributed by atoms with Gasteiger partial charge in [0.25, 0.3) is 0 Å². The molecule has 0 amide bonds. The Balaban J connectivity index is 2.21. The largest absolute Gasteiger partial charge is 0.294 e. The molecular weight excluding hydrogens is 347 g/mol. The van der Waals surface area contributed by atoms with E-state index in [9.17, 15) is 9.65 Å². The number of hydrogen-bond donors (Lipinski definition) is 0. The number of benzene rings is 2. The van der Waals surface area contributed by atoms with Gasteiger partial charge in [-0.2, -0.15) is 5.26 Å². The third-order valence-electron chi connectivity index (χ3n) is 5.93. The zero-order valence-corrected chi connectivity index (χ0v) is 17.8. The topological polar surface area (TPSA) is 27.0 Å². The van der Waals surface area contributed by atoms with Crippen molar-refractivity contribution in [1.82, 2.24) is 4.90 Å². The monoisotopic (exact) mass is 380 g/mol. The van der Waals surface area contributed by atoms with E-state index >= 15 is 0 Å². The zero-order chi connectivity index (χ0) is 20.7. The zero-order valence-electron chi connectivity index (χ0n) is 17.8. The molecule has 2 unspecified atom stereocenters. The molecule has 0 saturated heterocycles. The van der Waals surface area contributed by atoms with Crippen LogP contribution in [0.4, 0.5) is 4.39 Å². The molecule has 150 valence electrons. The summed E-state index contributed by atoms with van der Waals surface area (Å²) in [6, 6.07) is 20.4. The van der Waals surface area contributed by atoms with E-state index < -0.39 is 5.41 Å². The summed E-state index contributed by atoms with van der Waals surface area (Å²) in [5, 5.41) is 10.1. The molecule has 0 fully saturated rings. The highest BCUT2D eigenvalue weighted by molar-refractivity contribution is 5.34. The minimum absolute atomic E-state index is 0.0308. The van der Waals surface area contributed by atoms with Gasteiger partial charge in [0.1, 0.15) is 5.82 Å². The van der Waals surface area contributed by atoms with Crippen molar-refractivity contribution in [2.24, 2.45) is 5.92 Å². The molecule has 0 saturated carbocycles. The van der Waals surface area contributed by atoms with Crippen LogP contribution in [0.1, 0.15) is 58.6 Å². The van der Waals surface area contributed by atoms with Crippen molar-refractivity contribution in [3.8, 4) is 6.07 Å². The van der Waals surface area contributed by atoms with Crippen LogP contribution in [-0.2, 0) is 12.0 Å². The number of halogens is 1. The lowest BCUT2D eigenvalue weighted by atomic mass is 9.69. The van der Waals surface area contributed by atoms with Gasteiger partial charge in [-0.15, -0.1) is 0 Å². The lowest BCUT2D eigenvalue weighted by molar-refractivity contribution is 0.138. The summed E-state index contributed by atoms with van der Waals surface area (Å²) in [4.78, 5) is 2.46. The SMILES string of the molecule is CC(C)N(Cc1ccccc1)C(C)CCC(C#N)(c1ccccc1F)C(C)C. The number of nitrogens with zero attached hydrogens (tertiary/aromatic N) is 2. The Bertz CT molecular complexity index is 779. The van der Waals surface area contributed by atoms with Crippen LogP contribution in [0.15, 0.2) is 54.6 Å². The van der Waals surface area contributed by atoms with Crippen molar-refractivity contribution in [2.75, 3.05) is 0 Å². The van der Waals surface area contributed by atoms with E-state index in [1.165, 1.54) is 11.6 Å². The van der Waals surface area contributed by atoms with Gasteiger partial charge in [0.05, 0.1) is 11.5 Å². The van der Waals surface area contributed by atoms with Crippen molar-refractivity contribution in [1.29, 1.82) is 5.26 Å². The first-order valence-electron chi connectivity index (χ1n) is 10.3. The quantitative estimate of drug-likeness (QED) is 0.509. The Morgan fingerprint density at radius 3 is 2.11 bits per heavy atom. The molecule has 0 heterocycles. The number of nitriles is 1. The van der Waals surface area contributed by atoms with Crippen LogP contribution >= 0.6 is 0 Å². The predicted octanol–water partition coefficient (Wildman–Crippen LogP) is 6.32. The Morgan fingerprint density at radius 1 is 0.964 bits per heavy atom. The third kappa shape index (κ3) is 5.00. The standard InChI is InChI=1S/C25H33FN2/c1-19(2)25(18-27,23-13-9-10-14-24(23)26)16-15-21(5)28(20(3)4)17-22-11-7-6-8-12-22/h6-14,19-21H,15-17H2,1-5H3. The molecule has 0 aliphatic rings. The fraction of sp³-hybridized carbons (Fsp3) is 0.480. The molecule has 0 spiro atoms. The first-order chi connectivity index (χ1) is 13.3. The van der Waals surface area contributed by atoms with Gasteiger partial charge in [-0.05, 0) is 51.2 Å². The van der Waals surface area contributed by atoms with E-state index in [-0.39, 0.29) is 11.7 Å². The van der Waals surface area contributed by atoms with Crippen LogP contribution < -0.4 is 0 Å². The van der Waals surface area contributed by atoms with E-state index in [1.807, 2.05) is 26.0 Å². The highest BCUT2D eigenvalue weighted by Gasteiger charge is 2.38. The Labute approximate surface area is 170 Å². The van der Waals surface area contributed by atoms with Crippen LogP contribution in [0.3, 0.4) is 0 Å². The second kappa shape index (κ2) is 9.85. The molecule has 3 heteroatoms. The van der Waals surface area contributed by atoms with Gasteiger partial charge in [-0.3, -0.25) is 4.90 Å². The number of hydrogen-bond acceptors (Lipinski definition) is 2. The molecule has 0 bridgehead atoms. The van der Waals surface area contributed by atoms with Crippen LogP contribution in [0.25, 0.3) is 0 Å².